The summed E-state index contributed by atoms with van der Waals surface area (Å²) in [5.74, 6) is -1.83. The zero-order chi connectivity index (χ0) is 19.4. The maximum absolute atomic E-state index is 12.5. The fourth-order valence-corrected chi connectivity index (χ4v) is 2.27. The van der Waals surface area contributed by atoms with Crippen LogP contribution in [0.15, 0.2) is 47.1 Å². The highest BCUT2D eigenvalue weighted by Gasteiger charge is 2.38. The van der Waals surface area contributed by atoms with Gasteiger partial charge in [-0.1, -0.05) is 17.3 Å². The highest BCUT2D eigenvalue weighted by atomic mass is 19.4. The first-order valence-corrected chi connectivity index (χ1v) is 7.79. The summed E-state index contributed by atoms with van der Waals surface area (Å²) in [4.78, 5) is 19.3. The number of amides is 1. The average molecular weight is 377 g/mol. The highest BCUT2D eigenvalue weighted by molar-refractivity contribution is 5.99. The van der Waals surface area contributed by atoms with Gasteiger partial charge >= 0.3 is 12.1 Å². The molecule has 0 radical (unpaired) electrons. The molecule has 0 saturated heterocycles. The van der Waals surface area contributed by atoms with E-state index in [1.807, 2.05) is 0 Å². The van der Waals surface area contributed by atoms with Crippen molar-refractivity contribution in [3.8, 4) is 11.4 Å². The van der Waals surface area contributed by atoms with Crippen molar-refractivity contribution in [1.82, 2.24) is 20.4 Å². The third-order valence-electron chi connectivity index (χ3n) is 3.61. The Bertz CT molecular complexity index is 938. The second kappa shape index (κ2) is 7.44. The van der Waals surface area contributed by atoms with Crippen molar-refractivity contribution in [1.29, 1.82) is 0 Å². The van der Waals surface area contributed by atoms with Crippen LogP contribution >= 0.6 is 0 Å². The summed E-state index contributed by atoms with van der Waals surface area (Å²) in [5.41, 5.74) is 2.03. The van der Waals surface area contributed by atoms with Crippen LogP contribution in [0.25, 0.3) is 11.4 Å². The van der Waals surface area contributed by atoms with Crippen molar-refractivity contribution in [3.05, 3.63) is 59.7 Å². The van der Waals surface area contributed by atoms with Crippen LogP contribution in [0.2, 0.25) is 0 Å². The number of hydrogen-bond acceptors (Lipinski definition) is 6. The lowest BCUT2D eigenvalue weighted by atomic mass is 10.1. The first-order chi connectivity index (χ1) is 12.9. The van der Waals surface area contributed by atoms with Crippen molar-refractivity contribution in [2.45, 2.75) is 12.7 Å². The van der Waals surface area contributed by atoms with Crippen LogP contribution in [0.1, 0.15) is 21.9 Å². The maximum Gasteiger partial charge on any atom is 0.471 e. The van der Waals surface area contributed by atoms with E-state index in [0.717, 1.165) is 0 Å². The Hall–Kier alpha value is -3.43. The first-order valence-electron chi connectivity index (χ1n) is 7.79. The highest BCUT2D eigenvalue weighted by Crippen LogP contribution is 2.29. The lowest BCUT2D eigenvalue weighted by molar-refractivity contribution is -0.159. The predicted octanol–water partition coefficient (Wildman–Crippen LogP) is 3.12. The molecular formula is C17H14F3N5O2. The molecule has 2 aromatic heterocycles. The Morgan fingerprint density at radius 3 is 2.59 bits per heavy atom. The third-order valence-corrected chi connectivity index (χ3v) is 3.61. The number of carbonyl (C=O) groups is 1. The summed E-state index contributed by atoms with van der Waals surface area (Å²) in [5, 5.41) is 8.98. The number of nitrogens with zero attached hydrogens (tertiary/aromatic N) is 3. The van der Waals surface area contributed by atoms with E-state index in [-0.39, 0.29) is 11.7 Å². The molecule has 0 fully saturated rings. The van der Waals surface area contributed by atoms with E-state index in [1.165, 1.54) is 6.20 Å². The van der Waals surface area contributed by atoms with Gasteiger partial charge in [0.25, 0.3) is 5.91 Å². The minimum absolute atomic E-state index is 0.195. The molecule has 7 nitrogen and oxygen atoms in total. The van der Waals surface area contributed by atoms with Gasteiger partial charge in [-0.05, 0) is 24.3 Å². The first kappa shape index (κ1) is 18.4. The second-order valence-corrected chi connectivity index (χ2v) is 5.44. The zero-order valence-corrected chi connectivity index (χ0v) is 14.0. The molecule has 0 spiro atoms. The van der Waals surface area contributed by atoms with Gasteiger partial charge in [0.2, 0.25) is 5.82 Å². The summed E-state index contributed by atoms with van der Waals surface area (Å²) < 4.78 is 41.7. The van der Waals surface area contributed by atoms with Crippen LogP contribution in [0.3, 0.4) is 0 Å². The molecule has 0 unspecified atom stereocenters. The largest absolute Gasteiger partial charge is 0.471 e. The van der Waals surface area contributed by atoms with Crippen LogP contribution in [-0.4, -0.2) is 28.1 Å². The van der Waals surface area contributed by atoms with Crippen molar-refractivity contribution >= 4 is 11.6 Å². The lowest BCUT2D eigenvalue weighted by Crippen LogP contribution is -2.19. The van der Waals surface area contributed by atoms with Crippen molar-refractivity contribution in [3.63, 3.8) is 0 Å². The van der Waals surface area contributed by atoms with Crippen molar-refractivity contribution in [2.24, 2.45) is 0 Å². The monoisotopic (exact) mass is 377 g/mol. The molecular weight excluding hydrogens is 363 g/mol. The van der Waals surface area contributed by atoms with Gasteiger partial charge in [-0.25, -0.2) is 0 Å². The molecule has 140 valence electrons. The van der Waals surface area contributed by atoms with E-state index < -0.39 is 12.1 Å². The Morgan fingerprint density at radius 1 is 1.19 bits per heavy atom. The number of para-hydroxylation sites is 1. The fraction of sp³-hybridized carbons (Fsp3) is 0.176. The number of benzene rings is 1. The zero-order valence-electron chi connectivity index (χ0n) is 14.0. The number of aromatic nitrogens is 3. The van der Waals surface area contributed by atoms with Crippen LogP contribution in [0, 0.1) is 0 Å². The van der Waals surface area contributed by atoms with E-state index in [2.05, 4.69) is 30.3 Å². The Labute approximate surface area is 151 Å². The molecule has 1 aromatic carbocycles. The van der Waals surface area contributed by atoms with Crippen LogP contribution < -0.4 is 10.6 Å². The molecule has 2 N–H and O–H groups in total. The Balaban J connectivity index is 1.70. The number of alkyl halides is 3. The van der Waals surface area contributed by atoms with Gasteiger partial charge in [0.15, 0.2) is 0 Å². The molecule has 27 heavy (non-hydrogen) atoms. The lowest BCUT2D eigenvalue weighted by Gasteiger charge is -2.10. The Morgan fingerprint density at radius 2 is 1.96 bits per heavy atom. The quantitative estimate of drug-likeness (QED) is 0.710. The van der Waals surface area contributed by atoms with Gasteiger partial charge in [0.1, 0.15) is 0 Å². The van der Waals surface area contributed by atoms with Crippen LogP contribution in [-0.2, 0) is 12.7 Å². The van der Waals surface area contributed by atoms with Crippen LogP contribution in [0.4, 0.5) is 18.9 Å². The number of pyridine rings is 1. The smallest absolute Gasteiger partial charge is 0.379 e. The van der Waals surface area contributed by atoms with E-state index >= 15 is 0 Å². The summed E-state index contributed by atoms with van der Waals surface area (Å²) in [7, 11) is 1.54. The summed E-state index contributed by atoms with van der Waals surface area (Å²) in [6, 6.07) is 10.2. The second-order valence-electron chi connectivity index (χ2n) is 5.44. The molecule has 0 aliphatic carbocycles. The minimum atomic E-state index is -4.69. The topological polar surface area (TPSA) is 92.9 Å². The number of carbonyl (C=O) groups excluding carboxylic acids is 1. The molecule has 0 aliphatic heterocycles. The van der Waals surface area contributed by atoms with E-state index in [4.69, 9.17) is 0 Å². The fourth-order valence-electron chi connectivity index (χ4n) is 2.27. The number of nitrogens with one attached hydrogen (secondary N) is 2. The average Bonchev–Trinajstić information content (AvgIpc) is 3.17. The summed E-state index contributed by atoms with van der Waals surface area (Å²) >= 11 is 0. The molecule has 3 aromatic rings. The number of hydrogen-bond donors (Lipinski definition) is 2. The van der Waals surface area contributed by atoms with Gasteiger partial charge in [0, 0.05) is 24.5 Å². The third kappa shape index (κ3) is 4.22. The minimum Gasteiger partial charge on any atom is -0.379 e. The molecule has 1 amide bonds. The molecule has 0 saturated carbocycles. The summed E-state index contributed by atoms with van der Waals surface area (Å²) in [6.07, 6.45) is -3.34. The van der Waals surface area contributed by atoms with Crippen LogP contribution in [0.5, 0.6) is 0 Å². The van der Waals surface area contributed by atoms with Gasteiger partial charge in [-0.3, -0.25) is 9.78 Å². The van der Waals surface area contributed by atoms with E-state index in [9.17, 15) is 18.0 Å². The molecule has 2 heterocycles. The Kier molecular flexibility index (Phi) is 5.06. The van der Waals surface area contributed by atoms with Gasteiger partial charge < -0.3 is 15.2 Å². The SMILES string of the molecule is CNC(=O)c1ccccc1NCc1ccc(-c2noc(C(F)(F)F)n2)cn1. The van der Waals surface area contributed by atoms with E-state index in [0.29, 0.717) is 29.1 Å². The van der Waals surface area contributed by atoms with Crippen molar-refractivity contribution < 1.29 is 22.5 Å². The molecule has 0 aliphatic rings. The molecule has 0 atom stereocenters. The normalized spacial score (nSPS) is 11.3. The standard InChI is InChI=1S/C17H14F3N5O2/c1-21-15(26)12-4-2-3-5-13(12)23-9-11-7-6-10(8-22-11)14-24-16(27-25-14)17(18,19)20/h2-8,23H,9H2,1H3,(H,21,26). The number of rotatable bonds is 5. The van der Waals surface area contributed by atoms with E-state index in [1.54, 1.807) is 43.4 Å². The van der Waals surface area contributed by atoms with Gasteiger partial charge in [-0.15, -0.1) is 0 Å². The maximum atomic E-state index is 12.5. The summed E-state index contributed by atoms with van der Waals surface area (Å²) in [6.45, 7) is 0.314. The predicted molar refractivity (Wildman–Crippen MR) is 89.7 cm³/mol. The number of halogens is 3. The van der Waals surface area contributed by atoms with Gasteiger partial charge in [-0.2, -0.15) is 18.2 Å². The molecule has 10 heteroatoms. The molecule has 3 rings (SSSR count). The molecule has 0 bridgehead atoms. The number of anilines is 1. The van der Waals surface area contributed by atoms with Crippen molar-refractivity contribution in [2.75, 3.05) is 12.4 Å². The van der Waals surface area contributed by atoms with Gasteiger partial charge in [0.05, 0.1) is 17.8 Å².